The SMILES string of the molecule is Cc1nn(-c2ccc(F)cc2)c2sc(C(=O)NCc3nc(C4CC4)no3)cc12. The lowest BCUT2D eigenvalue weighted by Crippen LogP contribution is -2.22. The highest BCUT2D eigenvalue weighted by atomic mass is 32.1. The molecule has 1 fully saturated rings. The monoisotopic (exact) mass is 397 g/mol. The van der Waals surface area contributed by atoms with Gasteiger partial charge in [-0.05, 0) is 50.1 Å². The second-order valence-electron chi connectivity index (χ2n) is 6.81. The number of aryl methyl sites for hydroxylation is 1. The van der Waals surface area contributed by atoms with Crippen LogP contribution in [0.2, 0.25) is 0 Å². The topological polar surface area (TPSA) is 85.8 Å². The average Bonchev–Trinajstić information content (AvgIpc) is 3.14. The normalized spacial score (nSPS) is 13.9. The van der Waals surface area contributed by atoms with Gasteiger partial charge in [0.15, 0.2) is 5.82 Å². The van der Waals surface area contributed by atoms with Gasteiger partial charge < -0.3 is 9.84 Å². The number of nitrogens with zero attached hydrogens (tertiary/aromatic N) is 4. The van der Waals surface area contributed by atoms with Crippen molar-refractivity contribution < 1.29 is 13.7 Å². The molecule has 1 N–H and O–H groups in total. The van der Waals surface area contributed by atoms with Crippen LogP contribution in [0.1, 0.15) is 45.8 Å². The van der Waals surface area contributed by atoms with Crippen molar-refractivity contribution in [3.63, 3.8) is 0 Å². The van der Waals surface area contributed by atoms with Crippen molar-refractivity contribution in [1.29, 1.82) is 0 Å². The van der Waals surface area contributed by atoms with Gasteiger partial charge in [0, 0.05) is 11.3 Å². The Morgan fingerprint density at radius 3 is 2.89 bits per heavy atom. The Hall–Kier alpha value is -3.07. The largest absolute Gasteiger partial charge is 0.342 e. The fourth-order valence-electron chi connectivity index (χ4n) is 3.01. The first-order chi connectivity index (χ1) is 13.6. The summed E-state index contributed by atoms with van der Waals surface area (Å²) >= 11 is 1.34. The number of hydrogen-bond acceptors (Lipinski definition) is 6. The Kier molecular flexibility index (Phi) is 3.97. The molecule has 0 atom stereocenters. The van der Waals surface area contributed by atoms with E-state index >= 15 is 0 Å². The van der Waals surface area contributed by atoms with Crippen LogP contribution in [0.15, 0.2) is 34.9 Å². The summed E-state index contributed by atoms with van der Waals surface area (Å²) in [7, 11) is 0. The molecule has 142 valence electrons. The summed E-state index contributed by atoms with van der Waals surface area (Å²) in [5.41, 5.74) is 1.55. The first kappa shape index (κ1) is 17.1. The van der Waals surface area contributed by atoms with Crippen LogP contribution < -0.4 is 5.32 Å². The number of hydrogen-bond donors (Lipinski definition) is 1. The first-order valence-electron chi connectivity index (χ1n) is 8.94. The molecule has 0 radical (unpaired) electrons. The standard InChI is InChI=1S/C19H16FN5O2S/c1-10-14-8-15(18(26)21-9-16-22-17(24-27-16)11-2-3-11)28-19(14)25(23-10)13-6-4-12(20)5-7-13/h4-8,11H,2-3,9H2,1H3,(H,21,26). The van der Waals surface area contributed by atoms with E-state index in [0.717, 1.165) is 40.3 Å². The van der Waals surface area contributed by atoms with E-state index in [-0.39, 0.29) is 18.3 Å². The van der Waals surface area contributed by atoms with Gasteiger partial charge in [0.25, 0.3) is 5.91 Å². The lowest BCUT2D eigenvalue weighted by atomic mass is 10.3. The van der Waals surface area contributed by atoms with Gasteiger partial charge in [-0.2, -0.15) is 10.1 Å². The zero-order chi connectivity index (χ0) is 19.3. The molecular weight excluding hydrogens is 381 g/mol. The van der Waals surface area contributed by atoms with E-state index in [1.807, 2.05) is 13.0 Å². The minimum absolute atomic E-state index is 0.190. The number of thiophene rings is 1. The molecule has 0 unspecified atom stereocenters. The maximum atomic E-state index is 13.2. The number of carbonyl (C=O) groups is 1. The first-order valence-corrected chi connectivity index (χ1v) is 9.76. The van der Waals surface area contributed by atoms with E-state index < -0.39 is 0 Å². The molecule has 0 aliphatic heterocycles. The van der Waals surface area contributed by atoms with Gasteiger partial charge >= 0.3 is 0 Å². The molecule has 0 spiro atoms. The summed E-state index contributed by atoms with van der Waals surface area (Å²) in [6, 6.07) is 7.92. The zero-order valence-electron chi connectivity index (χ0n) is 15.0. The molecular formula is C19H16FN5O2S. The number of aromatic nitrogens is 4. The van der Waals surface area contributed by atoms with Crippen molar-refractivity contribution in [3.8, 4) is 5.69 Å². The van der Waals surface area contributed by atoms with E-state index in [2.05, 4.69) is 20.6 Å². The molecule has 1 aliphatic rings. The number of fused-ring (bicyclic) bond motifs is 1. The van der Waals surface area contributed by atoms with Gasteiger partial charge in [-0.3, -0.25) is 4.79 Å². The van der Waals surface area contributed by atoms with Crippen molar-refractivity contribution in [3.05, 3.63) is 58.4 Å². The molecule has 4 aromatic rings. The Balaban J connectivity index is 1.37. The van der Waals surface area contributed by atoms with Crippen LogP contribution in [0, 0.1) is 12.7 Å². The number of halogens is 1. The minimum Gasteiger partial charge on any atom is -0.342 e. The molecule has 1 saturated carbocycles. The van der Waals surface area contributed by atoms with E-state index in [9.17, 15) is 9.18 Å². The molecule has 3 aromatic heterocycles. The van der Waals surface area contributed by atoms with Crippen LogP contribution >= 0.6 is 11.3 Å². The summed E-state index contributed by atoms with van der Waals surface area (Å²) in [6.07, 6.45) is 2.19. The van der Waals surface area contributed by atoms with Crippen molar-refractivity contribution in [2.24, 2.45) is 0 Å². The van der Waals surface area contributed by atoms with Crippen LogP contribution in [0.25, 0.3) is 15.9 Å². The maximum Gasteiger partial charge on any atom is 0.261 e. The number of amides is 1. The molecule has 0 saturated heterocycles. The second-order valence-corrected chi connectivity index (χ2v) is 7.84. The highest BCUT2D eigenvalue weighted by molar-refractivity contribution is 7.20. The maximum absolute atomic E-state index is 13.2. The smallest absolute Gasteiger partial charge is 0.261 e. The van der Waals surface area contributed by atoms with E-state index in [4.69, 9.17) is 4.52 Å². The fourth-order valence-corrected chi connectivity index (χ4v) is 4.11. The molecule has 1 amide bonds. The minimum atomic E-state index is -0.305. The van der Waals surface area contributed by atoms with Crippen LogP contribution in [0.4, 0.5) is 4.39 Å². The second kappa shape index (κ2) is 6.52. The number of rotatable bonds is 5. The van der Waals surface area contributed by atoms with Crippen LogP contribution in [-0.4, -0.2) is 25.8 Å². The van der Waals surface area contributed by atoms with Gasteiger partial charge in [0.05, 0.1) is 22.8 Å². The lowest BCUT2D eigenvalue weighted by molar-refractivity contribution is 0.0950. The third kappa shape index (κ3) is 3.07. The highest BCUT2D eigenvalue weighted by Crippen LogP contribution is 2.38. The number of benzene rings is 1. The van der Waals surface area contributed by atoms with Crippen molar-refractivity contribution >= 4 is 27.5 Å². The molecule has 0 bridgehead atoms. The number of carbonyl (C=O) groups excluding carboxylic acids is 1. The van der Waals surface area contributed by atoms with Crippen molar-refractivity contribution in [1.82, 2.24) is 25.2 Å². The Bertz CT molecular complexity index is 1170. The van der Waals surface area contributed by atoms with Gasteiger partial charge in [-0.15, -0.1) is 11.3 Å². The van der Waals surface area contributed by atoms with Crippen LogP contribution in [0.5, 0.6) is 0 Å². The third-order valence-electron chi connectivity index (χ3n) is 4.67. The predicted molar refractivity (Wildman–Crippen MR) is 101 cm³/mol. The van der Waals surface area contributed by atoms with Gasteiger partial charge in [-0.25, -0.2) is 9.07 Å². The summed E-state index contributed by atoms with van der Waals surface area (Å²) in [4.78, 5) is 18.3. The molecule has 3 heterocycles. The fraction of sp³-hybridized carbons (Fsp3) is 0.263. The quantitative estimate of drug-likeness (QED) is 0.555. The summed E-state index contributed by atoms with van der Waals surface area (Å²) < 4.78 is 20.1. The molecule has 9 heteroatoms. The predicted octanol–water partition coefficient (Wildman–Crippen LogP) is 3.72. The Morgan fingerprint density at radius 1 is 1.36 bits per heavy atom. The van der Waals surface area contributed by atoms with Crippen molar-refractivity contribution in [2.75, 3.05) is 0 Å². The Labute approximate surface area is 163 Å². The molecule has 1 aromatic carbocycles. The highest BCUT2D eigenvalue weighted by Gasteiger charge is 2.28. The summed E-state index contributed by atoms with van der Waals surface area (Å²) in [6.45, 7) is 2.07. The third-order valence-corrected chi connectivity index (χ3v) is 5.78. The van der Waals surface area contributed by atoms with Crippen molar-refractivity contribution in [2.45, 2.75) is 32.2 Å². The average molecular weight is 397 g/mol. The lowest BCUT2D eigenvalue weighted by Gasteiger charge is -2.02. The molecule has 5 rings (SSSR count). The van der Waals surface area contributed by atoms with Gasteiger partial charge in [0.2, 0.25) is 5.89 Å². The Morgan fingerprint density at radius 2 is 2.14 bits per heavy atom. The van der Waals surface area contributed by atoms with E-state index in [0.29, 0.717) is 16.7 Å². The van der Waals surface area contributed by atoms with Crippen LogP contribution in [0.3, 0.4) is 0 Å². The van der Waals surface area contributed by atoms with Gasteiger partial charge in [-0.1, -0.05) is 5.16 Å². The van der Waals surface area contributed by atoms with E-state index in [1.54, 1.807) is 16.8 Å². The zero-order valence-corrected chi connectivity index (χ0v) is 15.8. The molecule has 7 nitrogen and oxygen atoms in total. The molecule has 28 heavy (non-hydrogen) atoms. The van der Waals surface area contributed by atoms with Crippen LogP contribution in [-0.2, 0) is 6.54 Å². The number of nitrogens with one attached hydrogen (secondary N) is 1. The summed E-state index contributed by atoms with van der Waals surface area (Å²) in [5, 5.41) is 12.2. The van der Waals surface area contributed by atoms with Gasteiger partial charge in [0.1, 0.15) is 10.6 Å². The molecule has 1 aliphatic carbocycles. The van der Waals surface area contributed by atoms with E-state index in [1.165, 1.54) is 23.5 Å². The summed E-state index contributed by atoms with van der Waals surface area (Å²) in [5.74, 6) is 1.03.